The van der Waals surface area contributed by atoms with Crippen LogP contribution in [0.2, 0.25) is 0 Å². The van der Waals surface area contributed by atoms with Gasteiger partial charge < -0.3 is 10.2 Å². The molecule has 0 radical (unpaired) electrons. The summed E-state index contributed by atoms with van der Waals surface area (Å²) in [6.07, 6.45) is -1.10. The van der Waals surface area contributed by atoms with Crippen LogP contribution in [0, 0.1) is 11.6 Å². The number of rotatable bonds is 7. The second kappa shape index (κ2) is 6.59. The highest BCUT2D eigenvalue weighted by atomic mass is 32.2. The molecule has 1 aromatic carbocycles. The molecule has 0 aromatic heterocycles. The predicted molar refractivity (Wildman–Crippen MR) is 65.0 cm³/mol. The Morgan fingerprint density at radius 1 is 1.14 bits per heavy atom. The van der Waals surface area contributed by atoms with Gasteiger partial charge in [0.05, 0.1) is 4.90 Å². The summed E-state index contributed by atoms with van der Waals surface area (Å²) in [5, 5.41) is 17.3. The molecule has 21 heavy (non-hydrogen) atoms. The summed E-state index contributed by atoms with van der Waals surface area (Å²) in [6.45, 7) is 0. The van der Waals surface area contributed by atoms with Gasteiger partial charge in [-0.1, -0.05) is 0 Å². The lowest BCUT2D eigenvalue weighted by Gasteiger charge is -2.14. The topological polar surface area (TPSA) is 121 Å². The van der Waals surface area contributed by atoms with Crippen LogP contribution in [0.25, 0.3) is 0 Å². The summed E-state index contributed by atoms with van der Waals surface area (Å²) in [5.41, 5.74) is 0. The molecule has 1 rings (SSSR count). The number of carboxylic acid groups (broad SMARTS) is 2. The molecule has 0 aliphatic rings. The van der Waals surface area contributed by atoms with Crippen LogP contribution in [-0.4, -0.2) is 36.6 Å². The van der Waals surface area contributed by atoms with Gasteiger partial charge in [-0.2, -0.15) is 4.72 Å². The van der Waals surface area contributed by atoms with Gasteiger partial charge in [-0.3, -0.25) is 9.59 Å². The Labute approximate surface area is 118 Å². The van der Waals surface area contributed by atoms with E-state index < -0.39 is 57.4 Å². The molecule has 10 heteroatoms. The van der Waals surface area contributed by atoms with Crippen molar-refractivity contribution in [1.29, 1.82) is 0 Å². The average molecular weight is 323 g/mol. The van der Waals surface area contributed by atoms with Gasteiger partial charge in [0.25, 0.3) is 0 Å². The first-order valence-corrected chi connectivity index (χ1v) is 7.03. The standard InChI is InChI=1S/C11H11F2NO6S/c12-6-3-7(13)5-8(4-6)21(19,20)14-9(11(17)18)1-2-10(15)16/h3-5,9,14H,1-2H2,(H,15,16)(H,17,18). The van der Waals surface area contributed by atoms with Gasteiger partial charge in [-0.25, -0.2) is 17.2 Å². The molecule has 0 amide bonds. The smallest absolute Gasteiger partial charge is 0.321 e. The highest BCUT2D eigenvalue weighted by molar-refractivity contribution is 7.89. The summed E-state index contributed by atoms with van der Waals surface area (Å²) >= 11 is 0. The van der Waals surface area contributed by atoms with E-state index in [9.17, 15) is 26.8 Å². The third kappa shape index (κ3) is 5.08. The van der Waals surface area contributed by atoms with Gasteiger partial charge in [0, 0.05) is 12.5 Å². The maximum absolute atomic E-state index is 13.0. The number of benzene rings is 1. The lowest BCUT2D eigenvalue weighted by atomic mass is 10.2. The van der Waals surface area contributed by atoms with E-state index in [2.05, 4.69) is 0 Å². The number of halogens is 2. The van der Waals surface area contributed by atoms with E-state index >= 15 is 0 Å². The van der Waals surface area contributed by atoms with Crippen molar-refractivity contribution in [2.75, 3.05) is 0 Å². The van der Waals surface area contributed by atoms with E-state index in [0.717, 1.165) is 0 Å². The van der Waals surface area contributed by atoms with Crippen molar-refractivity contribution in [2.45, 2.75) is 23.8 Å². The lowest BCUT2D eigenvalue weighted by Crippen LogP contribution is -2.41. The number of carbonyl (C=O) groups is 2. The number of nitrogens with one attached hydrogen (secondary N) is 1. The summed E-state index contributed by atoms with van der Waals surface area (Å²) in [6, 6.07) is -0.237. The van der Waals surface area contributed by atoms with E-state index in [-0.39, 0.29) is 0 Å². The molecule has 116 valence electrons. The molecule has 0 spiro atoms. The first kappa shape index (κ1) is 17.0. The maximum atomic E-state index is 13.0. The van der Waals surface area contributed by atoms with Crippen LogP contribution in [0.3, 0.4) is 0 Å². The zero-order chi connectivity index (χ0) is 16.2. The van der Waals surface area contributed by atoms with Crippen molar-refractivity contribution in [1.82, 2.24) is 4.72 Å². The zero-order valence-corrected chi connectivity index (χ0v) is 11.2. The van der Waals surface area contributed by atoms with Crippen LogP contribution in [0.5, 0.6) is 0 Å². The molecule has 3 N–H and O–H groups in total. The van der Waals surface area contributed by atoms with Gasteiger partial charge in [0.15, 0.2) is 0 Å². The molecular formula is C11H11F2NO6S. The van der Waals surface area contributed by atoms with Crippen molar-refractivity contribution < 1.29 is 37.0 Å². The lowest BCUT2D eigenvalue weighted by molar-refractivity contribution is -0.140. The molecule has 0 aliphatic carbocycles. The van der Waals surface area contributed by atoms with Crippen molar-refractivity contribution in [3.8, 4) is 0 Å². The number of carboxylic acids is 2. The predicted octanol–water partition coefficient (Wildman–Crippen LogP) is 0.561. The SMILES string of the molecule is O=C(O)CCC(NS(=O)(=O)c1cc(F)cc(F)c1)C(=O)O. The minimum absolute atomic E-state index is 0.456. The molecule has 0 fully saturated rings. The van der Waals surface area contributed by atoms with Crippen molar-refractivity contribution in [2.24, 2.45) is 0 Å². The van der Waals surface area contributed by atoms with Crippen LogP contribution in [0.15, 0.2) is 23.1 Å². The molecule has 0 heterocycles. The van der Waals surface area contributed by atoms with Gasteiger partial charge in [0.2, 0.25) is 10.0 Å². The summed E-state index contributed by atoms with van der Waals surface area (Å²) in [5.74, 6) is -5.20. The van der Waals surface area contributed by atoms with E-state index in [1.165, 1.54) is 0 Å². The molecular weight excluding hydrogens is 312 g/mol. The average Bonchev–Trinajstić information content (AvgIpc) is 2.32. The summed E-state index contributed by atoms with van der Waals surface area (Å²) < 4.78 is 51.3. The second-order valence-electron chi connectivity index (χ2n) is 4.05. The van der Waals surface area contributed by atoms with E-state index in [1.807, 2.05) is 0 Å². The van der Waals surface area contributed by atoms with Gasteiger partial charge in [-0.15, -0.1) is 0 Å². The fraction of sp³-hybridized carbons (Fsp3) is 0.273. The van der Waals surface area contributed by atoms with Crippen LogP contribution >= 0.6 is 0 Å². The molecule has 0 saturated carbocycles. The molecule has 0 saturated heterocycles. The Hall–Kier alpha value is -2.07. The van der Waals surface area contributed by atoms with Crippen LogP contribution < -0.4 is 4.72 Å². The molecule has 0 bridgehead atoms. The van der Waals surface area contributed by atoms with Gasteiger partial charge >= 0.3 is 11.9 Å². The Morgan fingerprint density at radius 3 is 2.10 bits per heavy atom. The second-order valence-corrected chi connectivity index (χ2v) is 5.76. The minimum atomic E-state index is -4.50. The van der Waals surface area contributed by atoms with E-state index in [1.54, 1.807) is 4.72 Å². The minimum Gasteiger partial charge on any atom is -0.481 e. The molecule has 1 aromatic rings. The number of hydrogen-bond donors (Lipinski definition) is 3. The van der Waals surface area contributed by atoms with Crippen LogP contribution in [0.4, 0.5) is 8.78 Å². The monoisotopic (exact) mass is 323 g/mol. The largest absolute Gasteiger partial charge is 0.481 e. The third-order valence-corrected chi connectivity index (χ3v) is 3.84. The van der Waals surface area contributed by atoms with Gasteiger partial charge in [-0.05, 0) is 18.6 Å². The number of sulfonamides is 1. The molecule has 1 unspecified atom stereocenters. The quantitative estimate of drug-likeness (QED) is 0.674. The van der Waals surface area contributed by atoms with Crippen molar-refractivity contribution in [3.63, 3.8) is 0 Å². The van der Waals surface area contributed by atoms with Gasteiger partial charge in [0.1, 0.15) is 17.7 Å². The highest BCUT2D eigenvalue weighted by Gasteiger charge is 2.26. The fourth-order valence-corrected chi connectivity index (χ4v) is 2.70. The highest BCUT2D eigenvalue weighted by Crippen LogP contribution is 2.14. The van der Waals surface area contributed by atoms with Crippen LogP contribution in [-0.2, 0) is 19.6 Å². The van der Waals surface area contributed by atoms with E-state index in [4.69, 9.17) is 10.2 Å². The first-order chi connectivity index (χ1) is 9.61. The first-order valence-electron chi connectivity index (χ1n) is 5.55. The third-order valence-electron chi connectivity index (χ3n) is 2.39. The Bertz CT molecular complexity index is 640. The maximum Gasteiger partial charge on any atom is 0.321 e. The van der Waals surface area contributed by atoms with E-state index in [0.29, 0.717) is 18.2 Å². The fourth-order valence-electron chi connectivity index (χ4n) is 1.44. The zero-order valence-electron chi connectivity index (χ0n) is 10.4. The van der Waals surface area contributed by atoms with Crippen LogP contribution in [0.1, 0.15) is 12.8 Å². The van der Waals surface area contributed by atoms with Crippen molar-refractivity contribution >= 4 is 22.0 Å². The number of aliphatic carboxylic acids is 2. The Morgan fingerprint density at radius 2 is 1.67 bits per heavy atom. The summed E-state index contributed by atoms with van der Waals surface area (Å²) in [4.78, 5) is 20.5. The molecule has 7 nitrogen and oxygen atoms in total. The Kier molecular flexibility index (Phi) is 5.33. The normalized spacial score (nSPS) is 12.9. The number of hydrogen-bond acceptors (Lipinski definition) is 4. The van der Waals surface area contributed by atoms with Crippen molar-refractivity contribution in [3.05, 3.63) is 29.8 Å². The molecule has 0 aliphatic heterocycles. The molecule has 1 atom stereocenters. The summed E-state index contributed by atoms with van der Waals surface area (Å²) in [7, 11) is -4.50. The Balaban J connectivity index is 3.00.